The average molecular weight is 300 g/mol. The van der Waals surface area contributed by atoms with Crippen LogP contribution in [-0.4, -0.2) is 38.7 Å². The standard InChI is InChI=1S/C14H12N4O4/c1-22-14(21)7-3-2-4-8-10(7)11-12(15)16-6-17-13(11)18(8)5-9(19)20/h2-4,6H,5H2,1H3,(H,19,20)(H2,15,16,17). The lowest BCUT2D eigenvalue weighted by Crippen LogP contribution is -2.09. The lowest BCUT2D eigenvalue weighted by molar-refractivity contribution is -0.137. The van der Waals surface area contributed by atoms with Crippen molar-refractivity contribution in [2.24, 2.45) is 0 Å². The number of carboxylic acids is 1. The summed E-state index contributed by atoms with van der Waals surface area (Å²) >= 11 is 0. The van der Waals surface area contributed by atoms with Crippen LogP contribution in [0, 0.1) is 0 Å². The highest BCUT2D eigenvalue weighted by atomic mass is 16.5. The Morgan fingerprint density at radius 1 is 1.32 bits per heavy atom. The van der Waals surface area contributed by atoms with E-state index in [1.165, 1.54) is 18.0 Å². The van der Waals surface area contributed by atoms with Crippen molar-refractivity contribution < 1.29 is 19.4 Å². The molecule has 112 valence electrons. The van der Waals surface area contributed by atoms with Crippen molar-refractivity contribution in [3.8, 4) is 0 Å². The quantitative estimate of drug-likeness (QED) is 0.693. The highest BCUT2D eigenvalue weighted by molar-refractivity contribution is 6.19. The number of hydrogen-bond donors (Lipinski definition) is 2. The molecule has 0 aliphatic carbocycles. The van der Waals surface area contributed by atoms with E-state index >= 15 is 0 Å². The third-order valence-corrected chi connectivity index (χ3v) is 3.39. The minimum absolute atomic E-state index is 0.176. The average Bonchev–Trinajstić information content (AvgIpc) is 2.81. The van der Waals surface area contributed by atoms with E-state index in [-0.39, 0.29) is 17.9 Å². The lowest BCUT2D eigenvalue weighted by Gasteiger charge is -2.04. The minimum atomic E-state index is -1.03. The molecule has 0 aliphatic rings. The monoisotopic (exact) mass is 300 g/mol. The van der Waals surface area contributed by atoms with Gasteiger partial charge in [0.05, 0.1) is 23.6 Å². The van der Waals surface area contributed by atoms with Gasteiger partial charge in [-0.3, -0.25) is 4.79 Å². The van der Waals surface area contributed by atoms with Crippen LogP contribution in [0.25, 0.3) is 21.9 Å². The molecular weight excluding hydrogens is 288 g/mol. The number of ether oxygens (including phenoxy) is 1. The summed E-state index contributed by atoms with van der Waals surface area (Å²) in [7, 11) is 1.28. The van der Waals surface area contributed by atoms with Crippen molar-refractivity contribution in [2.45, 2.75) is 6.54 Å². The lowest BCUT2D eigenvalue weighted by atomic mass is 10.1. The summed E-state index contributed by atoms with van der Waals surface area (Å²) in [6.45, 7) is -0.304. The van der Waals surface area contributed by atoms with Crippen molar-refractivity contribution >= 4 is 39.7 Å². The maximum Gasteiger partial charge on any atom is 0.338 e. The van der Waals surface area contributed by atoms with E-state index in [9.17, 15) is 9.59 Å². The van der Waals surface area contributed by atoms with E-state index in [1.54, 1.807) is 18.2 Å². The predicted molar refractivity (Wildman–Crippen MR) is 78.4 cm³/mol. The van der Waals surface area contributed by atoms with Crippen molar-refractivity contribution in [1.82, 2.24) is 14.5 Å². The number of nitrogens with two attached hydrogens (primary N) is 1. The number of esters is 1. The third kappa shape index (κ3) is 1.93. The summed E-state index contributed by atoms with van der Waals surface area (Å²) in [6.07, 6.45) is 1.26. The highest BCUT2D eigenvalue weighted by Crippen LogP contribution is 2.33. The number of carboxylic acid groups (broad SMARTS) is 1. The normalized spacial score (nSPS) is 11.0. The number of carbonyl (C=O) groups is 2. The van der Waals surface area contributed by atoms with Crippen LogP contribution in [0.15, 0.2) is 24.5 Å². The Balaban J connectivity index is 2.51. The van der Waals surface area contributed by atoms with Gasteiger partial charge in [-0.15, -0.1) is 0 Å². The molecule has 0 fully saturated rings. The number of aliphatic carboxylic acids is 1. The van der Waals surface area contributed by atoms with Gasteiger partial charge < -0.3 is 20.1 Å². The van der Waals surface area contributed by atoms with Gasteiger partial charge in [-0.2, -0.15) is 0 Å². The Hall–Kier alpha value is -3.16. The number of nitrogen functional groups attached to an aromatic ring is 1. The molecule has 0 amide bonds. The van der Waals surface area contributed by atoms with Crippen molar-refractivity contribution in [3.63, 3.8) is 0 Å². The molecule has 0 saturated carbocycles. The summed E-state index contributed by atoms with van der Waals surface area (Å²) in [6, 6.07) is 4.94. The number of hydrogen-bond acceptors (Lipinski definition) is 6. The van der Waals surface area contributed by atoms with E-state index in [1.807, 2.05) is 0 Å². The molecule has 3 N–H and O–H groups in total. The van der Waals surface area contributed by atoms with Gasteiger partial charge in [-0.25, -0.2) is 14.8 Å². The zero-order valence-corrected chi connectivity index (χ0v) is 11.6. The van der Waals surface area contributed by atoms with E-state index in [4.69, 9.17) is 15.6 Å². The second kappa shape index (κ2) is 4.99. The van der Waals surface area contributed by atoms with Gasteiger partial charge in [-0.05, 0) is 12.1 Å². The Labute approximate surface area is 124 Å². The first-order chi connectivity index (χ1) is 10.5. The maximum atomic E-state index is 12.0. The van der Waals surface area contributed by atoms with Gasteiger partial charge in [0.2, 0.25) is 0 Å². The van der Waals surface area contributed by atoms with Crippen LogP contribution in [0.3, 0.4) is 0 Å². The number of aromatic nitrogens is 3. The Kier molecular flexibility index (Phi) is 3.13. The molecule has 0 bridgehead atoms. The first kappa shape index (κ1) is 13.8. The number of carbonyl (C=O) groups excluding carboxylic acids is 1. The summed E-state index contributed by atoms with van der Waals surface area (Å²) < 4.78 is 6.26. The van der Waals surface area contributed by atoms with Gasteiger partial charge in [0.25, 0.3) is 0 Å². The van der Waals surface area contributed by atoms with E-state index < -0.39 is 11.9 Å². The second-order valence-corrected chi connectivity index (χ2v) is 4.63. The fourth-order valence-corrected chi connectivity index (χ4v) is 2.55. The predicted octanol–water partition coefficient (Wildman–Crippen LogP) is 1.04. The molecule has 0 atom stereocenters. The number of fused-ring (bicyclic) bond motifs is 3. The number of benzene rings is 1. The fraction of sp³-hybridized carbons (Fsp3) is 0.143. The van der Waals surface area contributed by atoms with Crippen LogP contribution < -0.4 is 5.73 Å². The number of anilines is 1. The SMILES string of the molecule is COC(=O)c1cccc2c1c1c(N)ncnc1n2CC(=O)O. The first-order valence-electron chi connectivity index (χ1n) is 6.36. The van der Waals surface area contributed by atoms with Crippen molar-refractivity contribution in [3.05, 3.63) is 30.1 Å². The van der Waals surface area contributed by atoms with Gasteiger partial charge in [0, 0.05) is 5.39 Å². The first-order valence-corrected chi connectivity index (χ1v) is 6.36. The molecule has 0 saturated heterocycles. The summed E-state index contributed by atoms with van der Waals surface area (Å²) in [5, 5.41) is 10.0. The molecule has 0 radical (unpaired) electrons. The topological polar surface area (TPSA) is 120 Å². The van der Waals surface area contributed by atoms with Crippen molar-refractivity contribution in [2.75, 3.05) is 12.8 Å². The van der Waals surface area contributed by atoms with E-state index in [0.29, 0.717) is 21.9 Å². The zero-order chi connectivity index (χ0) is 15.9. The molecule has 2 heterocycles. The number of methoxy groups -OCH3 is 1. The highest BCUT2D eigenvalue weighted by Gasteiger charge is 2.21. The fourth-order valence-electron chi connectivity index (χ4n) is 2.55. The molecule has 1 aromatic carbocycles. The molecule has 3 rings (SSSR count). The van der Waals surface area contributed by atoms with Crippen LogP contribution in [0.2, 0.25) is 0 Å². The molecular formula is C14H12N4O4. The molecule has 22 heavy (non-hydrogen) atoms. The van der Waals surface area contributed by atoms with Crippen LogP contribution in [0.1, 0.15) is 10.4 Å². The van der Waals surface area contributed by atoms with Gasteiger partial charge in [0.15, 0.2) is 0 Å². The third-order valence-electron chi connectivity index (χ3n) is 3.39. The molecule has 8 nitrogen and oxygen atoms in total. The van der Waals surface area contributed by atoms with Crippen molar-refractivity contribution in [1.29, 1.82) is 0 Å². The number of nitrogens with zero attached hydrogens (tertiary/aromatic N) is 3. The molecule has 0 aliphatic heterocycles. The van der Waals surface area contributed by atoms with E-state index in [0.717, 1.165) is 0 Å². The maximum absolute atomic E-state index is 12.0. The molecule has 8 heteroatoms. The Bertz CT molecular complexity index is 916. The second-order valence-electron chi connectivity index (χ2n) is 4.63. The summed E-state index contributed by atoms with van der Waals surface area (Å²) in [5.74, 6) is -1.39. The zero-order valence-electron chi connectivity index (χ0n) is 11.6. The molecule has 3 aromatic rings. The van der Waals surface area contributed by atoms with Gasteiger partial charge >= 0.3 is 11.9 Å². The largest absolute Gasteiger partial charge is 0.480 e. The number of rotatable bonds is 3. The summed E-state index contributed by atoms with van der Waals surface area (Å²) in [4.78, 5) is 31.2. The van der Waals surface area contributed by atoms with E-state index in [2.05, 4.69) is 9.97 Å². The van der Waals surface area contributed by atoms with Gasteiger partial charge in [-0.1, -0.05) is 6.07 Å². The Morgan fingerprint density at radius 2 is 2.09 bits per heavy atom. The minimum Gasteiger partial charge on any atom is -0.480 e. The van der Waals surface area contributed by atoms with Crippen LogP contribution in [0.5, 0.6) is 0 Å². The van der Waals surface area contributed by atoms with Crippen LogP contribution in [0.4, 0.5) is 5.82 Å². The van der Waals surface area contributed by atoms with Crippen LogP contribution >= 0.6 is 0 Å². The molecule has 2 aromatic heterocycles. The van der Waals surface area contributed by atoms with Gasteiger partial charge in [0.1, 0.15) is 24.3 Å². The van der Waals surface area contributed by atoms with Crippen LogP contribution in [-0.2, 0) is 16.1 Å². The molecule has 0 unspecified atom stereocenters. The summed E-state index contributed by atoms with van der Waals surface area (Å²) in [5.41, 5.74) is 7.10. The Morgan fingerprint density at radius 3 is 2.77 bits per heavy atom. The smallest absolute Gasteiger partial charge is 0.338 e. The molecule has 0 spiro atoms.